The Labute approximate surface area is 116 Å². The second-order valence-electron chi connectivity index (χ2n) is 5.39. The molecule has 19 heavy (non-hydrogen) atoms. The van der Waals surface area contributed by atoms with Gasteiger partial charge in [0.15, 0.2) is 5.78 Å². The van der Waals surface area contributed by atoms with Gasteiger partial charge in [-0.25, -0.2) is 0 Å². The van der Waals surface area contributed by atoms with Gasteiger partial charge >= 0.3 is 0 Å². The van der Waals surface area contributed by atoms with Gasteiger partial charge in [-0.15, -0.1) is 0 Å². The fourth-order valence-electron chi connectivity index (χ4n) is 2.74. The number of para-hydroxylation sites is 1. The van der Waals surface area contributed by atoms with Crippen LogP contribution in [0.25, 0.3) is 0 Å². The molecule has 2 rings (SSSR count). The normalized spacial score (nSPS) is 22.5. The van der Waals surface area contributed by atoms with Gasteiger partial charge in [-0.1, -0.05) is 44.5 Å². The van der Waals surface area contributed by atoms with Crippen molar-refractivity contribution in [2.45, 2.75) is 39.2 Å². The minimum absolute atomic E-state index is 0.0667. The molecule has 1 aliphatic carbocycles. The Kier molecular flexibility index (Phi) is 4.41. The Morgan fingerprint density at radius 2 is 1.89 bits per heavy atom. The molecule has 0 unspecified atom stereocenters. The van der Waals surface area contributed by atoms with E-state index in [-0.39, 0.29) is 12.0 Å². The summed E-state index contributed by atoms with van der Waals surface area (Å²) < 4.78 is 0. The van der Waals surface area contributed by atoms with Crippen molar-refractivity contribution in [2.75, 3.05) is 11.9 Å². The first-order valence-electron chi connectivity index (χ1n) is 7.18. The molecule has 1 aromatic carbocycles. The van der Waals surface area contributed by atoms with E-state index in [2.05, 4.69) is 37.1 Å². The van der Waals surface area contributed by atoms with E-state index in [1.54, 1.807) is 0 Å². The van der Waals surface area contributed by atoms with Crippen LogP contribution in [0.4, 0.5) is 5.69 Å². The molecule has 0 aromatic heterocycles. The summed E-state index contributed by atoms with van der Waals surface area (Å²) in [4.78, 5) is 14.5. The molecule has 0 fully saturated rings. The number of unbranched alkanes of at least 4 members (excludes halogenated alkanes) is 1. The summed E-state index contributed by atoms with van der Waals surface area (Å²) in [5, 5.41) is 0. The number of nitrogens with zero attached hydrogens (tertiary/aromatic N) is 1. The lowest BCUT2D eigenvalue weighted by Gasteiger charge is -2.28. The highest BCUT2D eigenvalue weighted by atomic mass is 16.1. The quantitative estimate of drug-likeness (QED) is 0.799. The number of rotatable bonds is 5. The lowest BCUT2D eigenvalue weighted by molar-refractivity contribution is -0.118. The summed E-state index contributed by atoms with van der Waals surface area (Å²) in [6.45, 7) is 4.21. The van der Waals surface area contributed by atoms with Crippen molar-refractivity contribution in [1.29, 1.82) is 0 Å². The van der Waals surface area contributed by atoms with Gasteiger partial charge in [-0.2, -0.15) is 0 Å². The SMILES string of the molecule is CCCCC1=C[C@@H](N(C)c2ccccc2)[C@H](C)C1=O. The number of benzene rings is 1. The molecule has 0 bridgehead atoms. The van der Waals surface area contributed by atoms with E-state index in [9.17, 15) is 4.79 Å². The van der Waals surface area contributed by atoms with Gasteiger partial charge in [0, 0.05) is 18.7 Å². The van der Waals surface area contributed by atoms with Gasteiger partial charge in [0.1, 0.15) is 0 Å². The van der Waals surface area contributed by atoms with E-state index in [1.165, 1.54) is 5.69 Å². The van der Waals surface area contributed by atoms with Crippen LogP contribution in [0.15, 0.2) is 42.0 Å². The van der Waals surface area contributed by atoms with E-state index in [1.807, 2.05) is 25.1 Å². The third-order valence-corrected chi connectivity index (χ3v) is 4.02. The first-order chi connectivity index (χ1) is 9.15. The Balaban J connectivity index is 2.16. The van der Waals surface area contributed by atoms with Crippen molar-refractivity contribution in [3.63, 3.8) is 0 Å². The standard InChI is InChI=1S/C17H23NO/c1-4-5-9-14-12-16(13(2)17(14)19)18(3)15-10-7-6-8-11-15/h6-8,10-13,16H,4-5,9H2,1-3H3/t13-,16+/m0/s1. The van der Waals surface area contributed by atoms with E-state index >= 15 is 0 Å². The van der Waals surface area contributed by atoms with Crippen molar-refractivity contribution in [3.8, 4) is 0 Å². The largest absolute Gasteiger partial charge is 0.367 e. The van der Waals surface area contributed by atoms with Gasteiger partial charge in [0.25, 0.3) is 0 Å². The molecule has 1 aliphatic rings. The smallest absolute Gasteiger partial charge is 0.163 e. The monoisotopic (exact) mass is 257 g/mol. The number of likely N-dealkylation sites (N-methyl/N-ethyl adjacent to an activating group) is 1. The molecular weight excluding hydrogens is 234 g/mol. The first-order valence-corrected chi connectivity index (χ1v) is 7.18. The van der Waals surface area contributed by atoms with Gasteiger partial charge in [-0.3, -0.25) is 4.79 Å². The fourth-order valence-corrected chi connectivity index (χ4v) is 2.74. The van der Waals surface area contributed by atoms with Gasteiger partial charge in [0.05, 0.1) is 6.04 Å². The highest BCUT2D eigenvalue weighted by molar-refractivity contribution is 6.00. The highest BCUT2D eigenvalue weighted by Crippen LogP contribution is 2.30. The Hall–Kier alpha value is -1.57. The molecule has 2 atom stereocenters. The predicted molar refractivity (Wildman–Crippen MR) is 80.4 cm³/mol. The van der Waals surface area contributed by atoms with Crippen LogP contribution in [-0.4, -0.2) is 18.9 Å². The topological polar surface area (TPSA) is 20.3 Å². The molecule has 0 amide bonds. The van der Waals surface area contributed by atoms with Crippen LogP contribution in [0.1, 0.15) is 33.1 Å². The molecular formula is C17H23NO. The molecule has 0 saturated carbocycles. The van der Waals surface area contributed by atoms with Crippen molar-refractivity contribution < 1.29 is 4.79 Å². The van der Waals surface area contributed by atoms with Crippen molar-refractivity contribution in [2.24, 2.45) is 5.92 Å². The summed E-state index contributed by atoms with van der Waals surface area (Å²) in [6.07, 6.45) is 5.35. The summed E-state index contributed by atoms with van der Waals surface area (Å²) in [7, 11) is 2.07. The predicted octanol–water partition coefficient (Wildman–Crippen LogP) is 3.83. The maximum Gasteiger partial charge on any atom is 0.163 e. The zero-order valence-electron chi connectivity index (χ0n) is 12.1. The molecule has 1 aromatic rings. The second-order valence-corrected chi connectivity index (χ2v) is 5.39. The van der Waals surface area contributed by atoms with Crippen LogP contribution < -0.4 is 4.90 Å². The molecule has 2 nitrogen and oxygen atoms in total. The van der Waals surface area contributed by atoms with E-state index in [0.29, 0.717) is 5.78 Å². The minimum atomic E-state index is 0.0667. The Bertz CT molecular complexity index is 463. The van der Waals surface area contributed by atoms with Crippen LogP contribution in [0.2, 0.25) is 0 Å². The zero-order chi connectivity index (χ0) is 13.8. The number of anilines is 1. The summed E-state index contributed by atoms with van der Waals surface area (Å²) in [6, 6.07) is 10.5. The van der Waals surface area contributed by atoms with Crippen molar-refractivity contribution in [3.05, 3.63) is 42.0 Å². The molecule has 2 heteroatoms. The Morgan fingerprint density at radius 3 is 2.53 bits per heavy atom. The molecule has 0 radical (unpaired) electrons. The number of carbonyl (C=O) groups excluding carboxylic acids is 1. The van der Waals surface area contributed by atoms with Crippen molar-refractivity contribution >= 4 is 11.5 Å². The van der Waals surface area contributed by atoms with Gasteiger partial charge in [-0.05, 0) is 30.5 Å². The number of hydrogen-bond acceptors (Lipinski definition) is 2. The van der Waals surface area contributed by atoms with Crippen LogP contribution in [0.3, 0.4) is 0 Å². The highest BCUT2D eigenvalue weighted by Gasteiger charge is 2.34. The van der Waals surface area contributed by atoms with E-state index in [4.69, 9.17) is 0 Å². The summed E-state index contributed by atoms with van der Waals surface area (Å²) >= 11 is 0. The van der Waals surface area contributed by atoms with Crippen LogP contribution in [0.5, 0.6) is 0 Å². The maximum absolute atomic E-state index is 12.3. The van der Waals surface area contributed by atoms with Crippen LogP contribution >= 0.6 is 0 Å². The maximum atomic E-state index is 12.3. The first kappa shape index (κ1) is 13.9. The van der Waals surface area contributed by atoms with Crippen LogP contribution in [0, 0.1) is 5.92 Å². The number of hydrogen-bond donors (Lipinski definition) is 0. The second kappa shape index (κ2) is 6.05. The molecule has 0 N–H and O–H groups in total. The zero-order valence-corrected chi connectivity index (χ0v) is 12.1. The minimum Gasteiger partial charge on any atom is -0.367 e. The average molecular weight is 257 g/mol. The van der Waals surface area contributed by atoms with E-state index in [0.717, 1.165) is 24.8 Å². The number of allylic oxidation sites excluding steroid dienone is 1. The van der Waals surface area contributed by atoms with E-state index < -0.39 is 0 Å². The fraction of sp³-hybridized carbons (Fsp3) is 0.471. The number of carbonyl (C=O) groups is 1. The van der Waals surface area contributed by atoms with Crippen LogP contribution in [-0.2, 0) is 4.79 Å². The third kappa shape index (κ3) is 2.89. The Morgan fingerprint density at radius 1 is 1.21 bits per heavy atom. The van der Waals surface area contributed by atoms with Crippen molar-refractivity contribution in [1.82, 2.24) is 0 Å². The molecule has 0 spiro atoms. The molecule has 0 aliphatic heterocycles. The lowest BCUT2D eigenvalue weighted by atomic mass is 10.00. The molecule has 0 saturated heterocycles. The van der Waals surface area contributed by atoms with Gasteiger partial charge in [0.2, 0.25) is 0 Å². The summed E-state index contributed by atoms with van der Waals surface area (Å²) in [5.74, 6) is 0.401. The summed E-state index contributed by atoms with van der Waals surface area (Å²) in [5.41, 5.74) is 2.20. The number of ketones is 1. The molecule has 0 heterocycles. The average Bonchev–Trinajstić information content (AvgIpc) is 2.73. The molecule has 102 valence electrons. The third-order valence-electron chi connectivity index (χ3n) is 4.02. The van der Waals surface area contributed by atoms with Gasteiger partial charge < -0.3 is 4.90 Å². The lowest BCUT2D eigenvalue weighted by Crippen LogP contribution is -2.35. The number of Topliss-reactive ketones (excluding diaryl/α,β-unsaturated/α-hetero) is 1.